The van der Waals surface area contributed by atoms with Crippen molar-refractivity contribution in [1.82, 2.24) is 9.80 Å². The third kappa shape index (κ3) is 2.82. The largest absolute Gasteiger partial charge is 0.334 e. The number of amides is 2. The normalized spacial score (nSPS) is 27.2. The lowest BCUT2D eigenvalue weighted by Crippen LogP contribution is -2.47. The van der Waals surface area contributed by atoms with E-state index in [0.29, 0.717) is 23.4 Å². The van der Waals surface area contributed by atoms with Crippen LogP contribution in [-0.4, -0.2) is 59.6 Å². The van der Waals surface area contributed by atoms with Gasteiger partial charge in [-0.2, -0.15) is 0 Å². The number of carbonyl (C=O) groups excluding carboxylic acids is 2. The molecule has 0 bridgehead atoms. The Morgan fingerprint density at radius 2 is 2.00 bits per heavy atom. The van der Waals surface area contributed by atoms with E-state index in [-0.39, 0.29) is 11.8 Å². The summed E-state index contributed by atoms with van der Waals surface area (Å²) in [6.07, 6.45) is 4.58. The van der Waals surface area contributed by atoms with Gasteiger partial charge in [0, 0.05) is 29.1 Å². The first-order valence-electron chi connectivity index (χ1n) is 8.71. The molecule has 5 nitrogen and oxygen atoms in total. The summed E-state index contributed by atoms with van der Waals surface area (Å²) in [6.45, 7) is 1.97. The monoisotopic (exact) mass is 345 g/mol. The summed E-state index contributed by atoms with van der Waals surface area (Å²) in [7, 11) is 2.17. The summed E-state index contributed by atoms with van der Waals surface area (Å²) in [4.78, 5) is 30.2. The number of fused-ring (bicyclic) bond motifs is 1. The van der Waals surface area contributed by atoms with Gasteiger partial charge in [0.2, 0.25) is 5.91 Å². The summed E-state index contributed by atoms with van der Waals surface area (Å²) in [5, 5.41) is 2.88. The Morgan fingerprint density at radius 1 is 1.21 bits per heavy atom. The molecule has 0 aliphatic carbocycles. The van der Waals surface area contributed by atoms with Crippen LogP contribution in [0, 0.1) is 0 Å². The first kappa shape index (κ1) is 16.0. The maximum Gasteiger partial charge on any atom is 0.254 e. The average molecular weight is 345 g/mol. The molecule has 3 aliphatic heterocycles. The van der Waals surface area contributed by atoms with Gasteiger partial charge in [-0.25, -0.2) is 0 Å². The number of nitrogens with one attached hydrogen (secondary N) is 1. The molecule has 1 aromatic carbocycles. The van der Waals surface area contributed by atoms with Crippen LogP contribution in [0.3, 0.4) is 0 Å². The lowest BCUT2D eigenvalue weighted by Gasteiger charge is -2.33. The minimum Gasteiger partial charge on any atom is -0.334 e. The van der Waals surface area contributed by atoms with Gasteiger partial charge < -0.3 is 15.1 Å². The minimum atomic E-state index is 0.00345. The lowest BCUT2D eigenvalue weighted by molar-refractivity contribution is -0.113. The number of nitrogens with zero attached hydrogens (tertiary/aromatic N) is 2. The zero-order valence-corrected chi connectivity index (χ0v) is 14.8. The highest BCUT2D eigenvalue weighted by molar-refractivity contribution is 8.00. The second kappa shape index (κ2) is 6.41. The van der Waals surface area contributed by atoms with Crippen molar-refractivity contribution >= 4 is 29.3 Å². The van der Waals surface area contributed by atoms with Crippen molar-refractivity contribution in [3.8, 4) is 0 Å². The molecule has 2 atom stereocenters. The van der Waals surface area contributed by atoms with E-state index in [0.717, 1.165) is 36.5 Å². The van der Waals surface area contributed by atoms with E-state index < -0.39 is 0 Å². The highest BCUT2D eigenvalue weighted by Gasteiger charge is 2.38. The van der Waals surface area contributed by atoms with Crippen LogP contribution in [0.1, 0.15) is 36.0 Å². The van der Waals surface area contributed by atoms with Crippen LogP contribution >= 0.6 is 11.8 Å². The Labute approximate surface area is 146 Å². The molecule has 2 saturated heterocycles. The molecule has 2 fully saturated rings. The van der Waals surface area contributed by atoms with Crippen molar-refractivity contribution in [3.63, 3.8) is 0 Å². The molecule has 1 N–H and O–H groups in total. The maximum atomic E-state index is 13.1. The number of benzene rings is 1. The zero-order valence-electron chi connectivity index (χ0n) is 14.0. The number of hydrogen-bond acceptors (Lipinski definition) is 4. The van der Waals surface area contributed by atoms with Crippen molar-refractivity contribution in [2.45, 2.75) is 42.7 Å². The molecular weight excluding hydrogens is 322 g/mol. The first-order chi connectivity index (χ1) is 11.6. The highest BCUT2D eigenvalue weighted by Crippen LogP contribution is 2.34. The molecule has 0 aromatic heterocycles. The number of hydrogen-bond donors (Lipinski definition) is 1. The van der Waals surface area contributed by atoms with Crippen LogP contribution in [0.15, 0.2) is 23.1 Å². The molecule has 4 rings (SSSR count). The molecule has 1 aromatic rings. The van der Waals surface area contributed by atoms with Crippen molar-refractivity contribution in [2.24, 2.45) is 0 Å². The maximum absolute atomic E-state index is 13.1. The molecule has 0 saturated carbocycles. The highest BCUT2D eigenvalue weighted by atomic mass is 32.2. The van der Waals surface area contributed by atoms with E-state index >= 15 is 0 Å². The van der Waals surface area contributed by atoms with E-state index in [1.807, 2.05) is 18.2 Å². The Balaban J connectivity index is 1.56. The number of likely N-dealkylation sites (tertiary alicyclic amines) is 2. The van der Waals surface area contributed by atoms with Crippen molar-refractivity contribution in [3.05, 3.63) is 23.8 Å². The molecule has 0 radical (unpaired) electrons. The van der Waals surface area contributed by atoms with Crippen LogP contribution < -0.4 is 5.32 Å². The van der Waals surface area contributed by atoms with Crippen LogP contribution in [0.2, 0.25) is 0 Å². The molecule has 3 heterocycles. The van der Waals surface area contributed by atoms with E-state index in [2.05, 4.69) is 22.2 Å². The SMILES string of the molecule is CN1CCC[C@@H]1[C@H]1CCCN1C(=O)c1ccc2c(c1)NC(=O)CS2. The van der Waals surface area contributed by atoms with Crippen LogP contribution in [-0.2, 0) is 4.79 Å². The standard InChI is InChI=1S/C18H23N3O2S/c1-20-8-2-4-14(20)15-5-3-9-21(15)18(23)12-6-7-16-13(10-12)19-17(22)11-24-16/h6-7,10,14-15H,2-5,8-9,11H2,1H3,(H,19,22)/t14-,15-/m1/s1. The predicted octanol–water partition coefficient (Wildman–Crippen LogP) is 2.43. The third-order valence-corrected chi connectivity index (χ3v) is 6.51. The fourth-order valence-electron chi connectivity index (χ4n) is 4.25. The van der Waals surface area contributed by atoms with Gasteiger partial charge in [-0.3, -0.25) is 9.59 Å². The second-order valence-electron chi connectivity index (χ2n) is 6.95. The molecular formula is C18H23N3O2S. The van der Waals surface area contributed by atoms with Gasteiger partial charge in [0.25, 0.3) is 5.91 Å². The van der Waals surface area contributed by atoms with Crippen molar-refractivity contribution in [2.75, 3.05) is 31.2 Å². The lowest BCUT2D eigenvalue weighted by atomic mass is 10.0. The molecule has 3 aliphatic rings. The Bertz CT molecular complexity index is 678. The number of carbonyl (C=O) groups is 2. The number of anilines is 1. The topological polar surface area (TPSA) is 52.6 Å². The second-order valence-corrected chi connectivity index (χ2v) is 7.96. The summed E-state index contributed by atoms with van der Waals surface area (Å²) < 4.78 is 0. The smallest absolute Gasteiger partial charge is 0.254 e. The summed E-state index contributed by atoms with van der Waals surface area (Å²) in [5.74, 6) is 0.553. The third-order valence-electron chi connectivity index (χ3n) is 5.44. The molecule has 128 valence electrons. The number of thioether (sulfide) groups is 1. The quantitative estimate of drug-likeness (QED) is 0.894. The van der Waals surface area contributed by atoms with E-state index in [1.54, 1.807) is 0 Å². The van der Waals surface area contributed by atoms with Crippen molar-refractivity contribution < 1.29 is 9.59 Å². The Morgan fingerprint density at radius 3 is 2.79 bits per heavy atom. The summed E-state index contributed by atoms with van der Waals surface area (Å²) >= 11 is 1.53. The number of rotatable bonds is 2. The Hall–Kier alpha value is -1.53. The molecule has 2 amide bonds. The molecule has 0 spiro atoms. The van der Waals surface area contributed by atoms with Gasteiger partial charge in [0.05, 0.1) is 11.4 Å². The average Bonchev–Trinajstić information content (AvgIpc) is 3.21. The predicted molar refractivity (Wildman–Crippen MR) is 95.5 cm³/mol. The summed E-state index contributed by atoms with van der Waals surface area (Å²) in [6, 6.07) is 6.52. The first-order valence-corrected chi connectivity index (χ1v) is 9.70. The van der Waals surface area contributed by atoms with Gasteiger partial charge in [-0.15, -0.1) is 11.8 Å². The van der Waals surface area contributed by atoms with Crippen LogP contribution in [0.5, 0.6) is 0 Å². The van der Waals surface area contributed by atoms with E-state index in [4.69, 9.17) is 0 Å². The number of likely N-dealkylation sites (N-methyl/N-ethyl adjacent to an activating group) is 1. The van der Waals surface area contributed by atoms with Crippen molar-refractivity contribution in [1.29, 1.82) is 0 Å². The molecule has 0 unspecified atom stereocenters. The van der Waals surface area contributed by atoms with Gasteiger partial charge >= 0.3 is 0 Å². The van der Waals surface area contributed by atoms with Gasteiger partial charge in [0.15, 0.2) is 0 Å². The fourth-order valence-corrected chi connectivity index (χ4v) is 5.04. The zero-order chi connectivity index (χ0) is 16.7. The Kier molecular flexibility index (Phi) is 4.26. The van der Waals surface area contributed by atoms with Crippen LogP contribution in [0.4, 0.5) is 5.69 Å². The van der Waals surface area contributed by atoms with Crippen LogP contribution in [0.25, 0.3) is 0 Å². The minimum absolute atomic E-state index is 0.00345. The van der Waals surface area contributed by atoms with Gasteiger partial charge in [-0.05, 0) is 57.5 Å². The fraction of sp³-hybridized carbons (Fsp3) is 0.556. The summed E-state index contributed by atoms with van der Waals surface area (Å²) in [5.41, 5.74) is 1.46. The van der Waals surface area contributed by atoms with E-state index in [1.165, 1.54) is 24.6 Å². The molecule has 6 heteroatoms. The van der Waals surface area contributed by atoms with Gasteiger partial charge in [-0.1, -0.05) is 0 Å². The van der Waals surface area contributed by atoms with E-state index in [9.17, 15) is 9.59 Å². The molecule has 24 heavy (non-hydrogen) atoms. The van der Waals surface area contributed by atoms with Gasteiger partial charge in [0.1, 0.15) is 0 Å².